The van der Waals surface area contributed by atoms with Gasteiger partial charge >= 0.3 is 0 Å². The lowest BCUT2D eigenvalue weighted by atomic mass is 10.5. The molecule has 0 spiro atoms. The number of aromatic nitrogens is 2. The molecule has 1 heterocycles. The van der Waals surface area contributed by atoms with Crippen molar-refractivity contribution in [3.05, 3.63) is 12.3 Å². The summed E-state index contributed by atoms with van der Waals surface area (Å²) in [5, 5.41) is 3.09. The molecule has 0 aliphatic rings. The first-order valence-corrected chi connectivity index (χ1v) is 4.56. The summed E-state index contributed by atoms with van der Waals surface area (Å²) in [7, 11) is 0. The van der Waals surface area contributed by atoms with E-state index in [1.165, 1.54) is 0 Å². The molecule has 0 aliphatic heterocycles. The lowest BCUT2D eigenvalue weighted by Crippen LogP contribution is -2.05. The van der Waals surface area contributed by atoms with Gasteiger partial charge in [0.15, 0.2) is 0 Å². The third kappa shape index (κ3) is 3.27. The van der Waals surface area contributed by atoms with E-state index in [1.54, 1.807) is 12.3 Å². The van der Waals surface area contributed by atoms with Gasteiger partial charge in [-0.2, -0.15) is 4.98 Å². The van der Waals surface area contributed by atoms with E-state index in [-0.39, 0.29) is 0 Å². The van der Waals surface area contributed by atoms with Gasteiger partial charge in [0.05, 0.1) is 6.61 Å². The normalized spacial score (nSPS) is 9.69. The molecule has 0 aliphatic carbocycles. The molecule has 0 unspecified atom stereocenters. The maximum Gasteiger partial charge on any atom is 0.225 e. The van der Waals surface area contributed by atoms with Crippen molar-refractivity contribution in [3.63, 3.8) is 0 Å². The van der Waals surface area contributed by atoms with Crippen LogP contribution in [-0.2, 0) is 0 Å². The molecule has 0 aromatic carbocycles. The fraction of sp³-hybridized carbons (Fsp3) is 0.556. The van der Waals surface area contributed by atoms with Crippen LogP contribution in [-0.4, -0.2) is 23.1 Å². The molecule has 1 aromatic rings. The molecule has 0 amide bonds. The second-order valence-corrected chi connectivity index (χ2v) is 2.58. The second kappa shape index (κ2) is 5.35. The number of hydrogen-bond acceptors (Lipinski definition) is 4. The highest BCUT2D eigenvalue weighted by atomic mass is 16.5. The summed E-state index contributed by atoms with van der Waals surface area (Å²) in [6.07, 6.45) is 2.75. The Morgan fingerprint density at radius 3 is 3.00 bits per heavy atom. The predicted molar refractivity (Wildman–Crippen MR) is 52.0 cm³/mol. The highest BCUT2D eigenvalue weighted by Crippen LogP contribution is 2.07. The van der Waals surface area contributed by atoms with Gasteiger partial charge in [-0.1, -0.05) is 6.92 Å². The summed E-state index contributed by atoms with van der Waals surface area (Å²) >= 11 is 0. The molecular weight excluding hydrogens is 166 g/mol. The third-order valence-corrected chi connectivity index (χ3v) is 1.46. The Balaban J connectivity index is 2.56. The Kier molecular flexibility index (Phi) is 4.02. The number of ether oxygens (including phenoxy) is 1. The van der Waals surface area contributed by atoms with Gasteiger partial charge in [0.2, 0.25) is 11.8 Å². The summed E-state index contributed by atoms with van der Waals surface area (Å²) in [6.45, 7) is 5.54. The van der Waals surface area contributed by atoms with Crippen LogP contribution in [0.3, 0.4) is 0 Å². The third-order valence-electron chi connectivity index (χ3n) is 1.46. The average molecular weight is 181 g/mol. The predicted octanol–water partition coefficient (Wildman–Crippen LogP) is 1.70. The van der Waals surface area contributed by atoms with Gasteiger partial charge in [0.1, 0.15) is 0 Å². The summed E-state index contributed by atoms with van der Waals surface area (Å²) in [6, 6.07) is 1.75. The fourth-order valence-corrected chi connectivity index (χ4v) is 0.892. The first-order valence-electron chi connectivity index (χ1n) is 4.56. The van der Waals surface area contributed by atoms with E-state index < -0.39 is 0 Å². The molecular formula is C9H15N3O. The number of nitrogens with one attached hydrogen (secondary N) is 1. The summed E-state index contributed by atoms with van der Waals surface area (Å²) in [4.78, 5) is 8.21. The van der Waals surface area contributed by atoms with Crippen molar-refractivity contribution >= 4 is 5.95 Å². The van der Waals surface area contributed by atoms with E-state index in [0.29, 0.717) is 18.4 Å². The van der Waals surface area contributed by atoms with Crippen molar-refractivity contribution < 1.29 is 4.74 Å². The van der Waals surface area contributed by atoms with Gasteiger partial charge < -0.3 is 10.1 Å². The second-order valence-electron chi connectivity index (χ2n) is 2.58. The van der Waals surface area contributed by atoms with Crippen LogP contribution in [0.25, 0.3) is 0 Å². The highest BCUT2D eigenvalue weighted by molar-refractivity contribution is 5.26. The summed E-state index contributed by atoms with van der Waals surface area (Å²) < 4.78 is 5.24. The van der Waals surface area contributed by atoms with Crippen LogP contribution in [0.2, 0.25) is 0 Å². The Morgan fingerprint density at radius 1 is 1.46 bits per heavy atom. The zero-order chi connectivity index (χ0) is 9.52. The SMILES string of the molecule is CCCNc1nccc(OCC)n1. The van der Waals surface area contributed by atoms with Crippen molar-refractivity contribution in [2.45, 2.75) is 20.3 Å². The lowest BCUT2D eigenvalue weighted by molar-refractivity contribution is 0.326. The van der Waals surface area contributed by atoms with Gasteiger partial charge in [-0.15, -0.1) is 0 Å². The molecule has 1 N–H and O–H groups in total. The summed E-state index contributed by atoms with van der Waals surface area (Å²) in [5.74, 6) is 1.25. The van der Waals surface area contributed by atoms with E-state index in [0.717, 1.165) is 13.0 Å². The van der Waals surface area contributed by atoms with E-state index in [4.69, 9.17) is 4.74 Å². The van der Waals surface area contributed by atoms with Crippen LogP contribution in [0.15, 0.2) is 12.3 Å². The first kappa shape index (κ1) is 9.77. The molecule has 0 saturated heterocycles. The van der Waals surface area contributed by atoms with Crippen LogP contribution < -0.4 is 10.1 Å². The fourth-order valence-electron chi connectivity index (χ4n) is 0.892. The molecule has 4 nitrogen and oxygen atoms in total. The molecule has 4 heteroatoms. The zero-order valence-corrected chi connectivity index (χ0v) is 8.08. The van der Waals surface area contributed by atoms with E-state index in [2.05, 4.69) is 22.2 Å². The van der Waals surface area contributed by atoms with E-state index in [1.807, 2.05) is 6.92 Å². The van der Waals surface area contributed by atoms with Gasteiger partial charge in [0, 0.05) is 18.8 Å². The molecule has 72 valence electrons. The first-order chi connectivity index (χ1) is 6.36. The topological polar surface area (TPSA) is 47.0 Å². The lowest BCUT2D eigenvalue weighted by Gasteiger charge is -2.04. The minimum Gasteiger partial charge on any atom is -0.478 e. The van der Waals surface area contributed by atoms with Gasteiger partial charge in [-0.05, 0) is 13.3 Å². The number of nitrogens with zero attached hydrogens (tertiary/aromatic N) is 2. The maximum atomic E-state index is 5.24. The van der Waals surface area contributed by atoms with Crippen molar-refractivity contribution in [1.29, 1.82) is 0 Å². The molecule has 1 aromatic heterocycles. The van der Waals surface area contributed by atoms with E-state index >= 15 is 0 Å². The van der Waals surface area contributed by atoms with Crippen LogP contribution in [0.1, 0.15) is 20.3 Å². The van der Waals surface area contributed by atoms with Gasteiger partial charge in [-0.3, -0.25) is 0 Å². The minimum absolute atomic E-state index is 0.621. The Labute approximate surface area is 78.4 Å². The minimum atomic E-state index is 0.621. The maximum absolute atomic E-state index is 5.24. The zero-order valence-electron chi connectivity index (χ0n) is 8.08. The number of rotatable bonds is 5. The molecule has 0 saturated carbocycles. The van der Waals surface area contributed by atoms with Crippen molar-refractivity contribution in [3.8, 4) is 5.88 Å². The quantitative estimate of drug-likeness (QED) is 0.751. The molecule has 13 heavy (non-hydrogen) atoms. The van der Waals surface area contributed by atoms with Crippen molar-refractivity contribution in [1.82, 2.24) is 9.97 Å². The number of anilines is 1. The number of hydrogen-bond donors (Lipinski definition) is 1. The summed E-state index contributed by atoms with van der Waals surface area (Å²) in [5.41, 5.74) is 0. The molecule has 0 bridgehead atoms. The molecule has 1 rings (SSSR count). The van der Waals surface area contributed by atoms with Crippen molar-refractivity contribution in [2.75, 3.05) is 18.5 Å². The van der Waals surface area contributed by atoms with E-state index in [9.17, 15) is 0 Å². The van der Waals surface area contributed by atoms with Gasteiger partial charge in [-0.25, -0.2) is 4.98 Å². The van der Waals surface area contributed by atoms with Crippen LogP contribution in [0.4, 0.5) is 5.95 Å². The van der Waals surface area contributed by atoms with Crippen LogP contribution in [0, 0.1) is 0 Å². The van der Waals surface area contributed by atoms with Gasteiger partial charge in [0.25, 0.3) is 0 Å². The Morgan fingerprint density at radius 2 is 2.31 bits per heavy atom. The smallest absolute Gasteiger partial charge is 0.225 e. The van der Waals surface area contributed by atoms with Crippen LogP contribution >= 0.6 is 0 Å². The monoisotopic (exact) mass is 181 g/mol. The molecule has 0 atom stereocenters. The highest BCUT2D eigenvalue weighted by Gasteiger charge is 1.97. The standard InChI is InChI=1S/C9H15N3O/c1-3-6-10-9-11-7-5-8(12-9)13-4-2/h5,7H,3-4,6H2,1-2H3,(H,10,11,12). The Hall–Kier alpha value is -1.32. The largest absolute Gasteiger partial charge is 0.478 e. The average Bonchev–Trinajstić information content (AvgIpc) is 2.16. The van der Waals surface area contributed by atoms with Crippen LogP contribution in [0.5, 0.6) is 5.88 Å². The van der Waals surface area contributed by atoms with Crippen molar-refractivity contribution in [2.24, 2.45) is 0 Å². The molecule has 0 radical (unpaired) electrons. The molecule has 0 fully saturated rings. The Bertz CT molecular complexity index is 252.